The average Bonchev–Trinajstić information content (AvgIpc) is 3.07. The fraction of sp³-hybridized carbons (Fsp3) is 0.526. The Morgan fingerprint density at radius 2 is 1.96 bits per heavy atom. The largest absolute Gasteiger partial charge is 0.454 e. The predicted octanol–water partition coefficient (Wildman–Crippen LogP) is 2.60. The fourth-order valence-electron chi connectivity index (χ4n) is 3.48. The number of carbonyl (C=O) groups excluding carboxylic acids is 3. The first-order valence-corrected chi connectivity index (χ1v) is 9.00. The lowest BCUT2D eigenvalue weighted by Gasteiger charge is -2.32. The van der Waals surface area contributed by atoms with Crippen LogP contribution in [0.2, 0.25) is 0 Å². The summed E-state index contributed by atoms with van der Waals surface area (Å²) in [5, 5.41) is 2.83. The van der Waals surface area contributed by atoms with E-state index in [2.05, 4.69) is 5.32 Å². The van der Waals surface area contributed by atoms with Crippen LogP contribution in [0.5, 0.6) is 11.5 Å². The van der Waals surface area contributed by atoms with Crippen molar-refractivity contribution in [3.05, 3.63) is 17.7 Å². The van der Waals surface area contributed by atoms with Crippen LogP contribution < -0.4 is 14.8 Å². The second-order valence-electron chi connectivity index (χ2n) is 6.76. The Morgan fingerprint density at radius 1 is 1.23 bits per heavy atom. The zero-order chi connectivity index (χ0) is 18.7. The number of hydrogen-bond donors (Lipinski definition) is 1. The van der Waals surface area contributed by atoms with Crippen LogP contribution in [-0.4, -0.2) is 42.4 Å². The molecule has 0 radical (unpaired) electrons. The van der Waals surface area contributed by atoms with Crippen LogP contribution in [0.25, 0.3) is 0 Å². The number of ketones is 1. The number of benzene rings is 1. The molecule has 1 fully saturated rings. The Labute approximate surface area is 152 Å². The number of fused-ring (bicyclic) bond motifs is 1. The first kappa shape index (κ1) is 18.2. The average molecular weight is 360 g/mol. The number of Topliss-reactive ketones (excluding diaryl/α,β-unsaturated/α-hetero) is 1. The Hall–Kier alpha value is -2.57. The molecule has 1 atom stereocenters. The SMILES string of the molecule is CCC(=O)N1CCCC(CC(=O)Nc2cc3c(cc2C(C)=O)OCO3)C1. The third-order valence-electron chi connectivity index (χ3n) is 4.81. The number of ether oxygens (including phenoxy) is 2. The van der Waals surface area contributed by atoms with E-state index in [0.29, 0.717) is 42.1 Å². The maximum Gasteiger partial charge on any atom is 0.231 e. The van der Waals surface area contributed by atoms with Crippen LogP contribution in [0, 0.1) is 5.92 Å². The smallest absolute Gasteiger partial charge is 0.231 e. The molecule has 26 heavy (non-hydrogen) atoms. The summed E-state index contributed by atoms with van der Waals surface area (Å²) in [5.74, 6) is 0.966. The first-order valence-electron chi connectivity index (χ1n) is 9.00. The Bertz CT molecular complexity index is 731. The van der Waals surface area contributed by atoms with Gasteiger partial charge in [-0.15, -0.1) is 0 Å². The van der Waals surface area contributed by atoms with Gasteiger partial charge in [-0.1, -0.05) is 6.92 Å². The van der Waals surface area contributed by atoms with Gasteiger partial charge < -0.3 is 19.7 Å². The van der Waals surface area contributed by atoms with Crippen molar-refractivity contribution in [1.29, 1.82) is 0 Å². The van der Waals surface area contributed by atoms with Crippen LogP contribution in [0.1, 0.15) is 49.9 Å². The monoisotopic (exact) mass is 360 g/mol. The highest BCUT2D eigenvalue weighted by Gasteiger charge is 2.26. The fourth-order valence-corrected chi connectivity index (χ4v) is 3.48. The molecule has 7 nitrogen and oxygen atoms in total. The molecule has 0 aromatic heterocycles. The zero-order valence-electron chi connectivity index (χ0n) is 15.2. The number of carbonyl (C=O) groups is 3. The van der Waals surface area contributed by atoms with E-state index in [1.165, 1.54) is 6.92 Å². The summed E-state index contributed by atoms with van der Waals surface area (Å²) < 4.78 is 10.6. The highest BCUT2D eigenvalue weighted by Crippen LogP contribution is 2.37. The van der Waals surface area contributed by atoms with E-state index >= 15 is 0 Å². The number of nitrogens with one attached hydrogen (secondary N) is 1. The summed E-state index contributed by atoms with van der Waals surface area (Å²) in [6.45, 7) is 4.78. The van der Waals surface area contributed by atoms with Gasteiger partial charge in [-0.2, -0.15) is 0 Å². The molecule has 1 aromatic carbocycles. The molecule has 0 saturated carbocycles. The van der Waals surface area contributed by atoms with Crippen LogP contribution in [0.15, 0.2) is 12.1 Å². The lowest BCUT2D eigenvalue weighted by atomic mass is 9.94. The van der Waals surface area contributed by atoms with Gasteiger partial charge in [-0.05, 0) is 31.7 Å². The maximum atomic E-state index is 12.5. The molecule has 3 rings (SSSR count). The van der Waals surface area contributed by atoms with E-state index < -0.39 is 0 Å². The van der Waals surface area contributed by atoms with Crippen LogP contribution in [0.3, 0.4) is 0 Å². The minimum atomic E-state index is -0.165. The van der Waals surface area contributed by atoms with Gasteiger partial charge in [-0.3, -0.25) is 14.4 Å². The third-order valence-corrected chi connectivity index (χ3v) is 4.81. The zero-order valence-corrected chi connectivity index (χ0v) is 15.2. The molecule has 2 aliphatic rings. The summed E-state index contributed by atoms with van der Waals surface area (Å²) >= 11 is 0. The van der Waals surface area contributed by atoms with E-state index in [1.54, 1.807) is 12.1 Å². The summed E-state index contributed by atoms with van der Waals surface area (Å²) in [5.41, 5.74) is 0.832. The van der Waals surface area contributed by atoms with Crippen LogP contribution in [0.4, 0.5) is 5.69 Å². The Morgan fingerprint density at radius 3 is 2.65 bits per heavy atom. The topological polar surface area (TPSA) is 84.9 Å². The quantitative estimate of drug-likeness (QED) is 0.816. The molecule has 2 aliphatic heterocycles. The molecule has 140 valence electrons. The van der Waals surface area contributed by atoms with Gasteiger partial charge in [0.2, 0.25) is 18.6 Å². The number of nitrogens with zero attached hydrogens (tertiary/aromatic N) is 1. The van der Waals surface area contributed by atoms with Crippen molar-refractivity contribution in [1.82, 2.24) is 4.90 Å². The molecular weight excluding hydrogens is 336 g/mol. The molecule has 0 spiro atoms. The minimum absolute atomic E-state index is 0.105. The minimum Gasteiger partial charge on any atom is -0.454 e. The Balaban J connectivity index is 1.66. The highest BCUT2D eigenvalue weighted by molar-refractivity contribution is 6.04. The standard InChI is InChI=1S/C19H24N2O5/c1-3-19(24)21-6-4-5-13(10-21)7-18(23)20-15-9-17-16(25-11-26-17)8-14(15)12(2)22/h8-9,13H,3-7,10-11H2,1-2H3,(H,20,23). The number of anilines is 1. The first-order chi connectivity index (χ1) is 12.5. The van der Waals surface area contributed by atoms with Crippen molar-refractivity contribution in [2.45, 2.75) is 39.5 Å². The second-order valence-corrected chi connectivity index (χ2v) is 6.76. The van der Waals surface area contributed by atoms with Gasteiger partial charge in [-0.25, -0.2) is 0 Å². The summed E-state index contributed by atoms with van der Waals surface area (Å²) in [7, 11) is 0. The van der Waals surface area contributed by atoms with E-state index in [0.717, 1.165) is 19.4 Å². The van der Waals surface area contributed by atoms with Gasteiger partial charge in [0, 0.05) is 37.6 Å². The van der Waals surface area contributed by atoms with Crippen molar-refractivity contribution in [2.75, 3.05) is 25.2 Å². The normalized spacial score (nSPS) is 18.5. The summed E-state index contributed by atoms with van der Waals surface area (Å²) in [4.78, 5) is 38.1. The number of hydrogen-bond acceptors (Lipinski definition) is 5. The molecule has 1 N–H and O–H groups in total. The number of piperidine rings is 1. The van der Waals surface area contributed by atoms with Gasteiger partial charge in [0.15, 0.2) is 17.3 Å². The van der Waals surface area contributed by atoms with E-state index in [1.807, 2.05) is 11.8 Å². The molecule has 1 unspecified atom stereocenters. The van der Waals surface area contributed by atoms with E-state index in [-0.39, 0.29) is 30.3 Å². The molecular formula is C19H24N2O5. The van der Waals surface area contributed by atoms with Crippen molar-refractivity contribution < 1.29 is 23.9 Å². The Kier molecular flexibility index (Phi) is 5.44. The summed E-state index contributed by atoms with van der Waals surface area (Å²) in [6, 6.07) is 3.23. The number of likely N-dealkylation sites (tertiary alicyclic amines) is 1. The van der Waals surface area contributed by atoms with Crippen molar-refractivity contribution >= 4 is 23.3 Å². The van der Waals surface area contributed by atoms with Gasteiger partial charge in [0.25, 0.3) is 0 Å². The molecule has 2 amide bonds. The van der Waals surface area contributed by atoms with Crippen LogP contribution >= 0.6 is 0 Å². The molecule has 1 saturated heterocycles. The second kappa shape index (κ2) is 7.76. The molecule has 0 bridgehead atoms. The van der Waals surface area contributed by atoms with Crippen LogP contribution in [-0.2, 0) is 9.59 Å². The van der Waals surface area contributed by atoms with Crippen molar-refractivity contribution in [3.63, 3.8) is 0 Å². The van der Waals surface area contributed by atoms with Crippen molar-refractivity contribution in [3.8, 4) is 11.5 Å². The van der Waals surface area contributed by atoms with Gasteiger partial charge in [0.05, 0.1) is 5.69 Å². The predicted molar refractivity (Wildman–Crippen MR) is 95.4 cm³/mol. The number of amides is 2. The molecule has 1 aromatic rings. The number of rotatable bonds is 5. The maximum absolute atomic E-state index is 12.5. The van der Waals surface area contributed by atoms with Gasteiger partial charge in [0.1, 0.15) is 0 Å². The molecule has 7 heteroatoms. The lowest BCUT2D eigenvalue weighted by Crippen LogP contribution is -2.40. The van der Waals surface area contributed by atoms with Crippen molar-refractivity contribution in [2.24, 2.45) is 5.92 Å². The van der Waals surface area contributed by atoms with E-state index in [9.17, 15) is 14.4 Å². The summed E-state index contributed by atoms with van der Waals surface area (Å²) in [6.07, 6.45) is 2.63. The van der Waals surface area contributed by atoms with Gasteiger partial charge >= 0.3 is 0 Å². The lowest BCUT2D eigenvalue weighted by molar-refractivity contribution is -0.133. The molecule has 0 aliphatic carbocycles. The third kappa shape index (κ3) is 3.98. The molecule has 2 heterocycles. The van der Waals surface area contributed by atoms with E-state index in [4.69, 9.17) is 9.47 Å². The highest BCUT2D eigenvalue weighted by atomic mass is 16.7.